The SMILES string of the molecule is CCc1ccccc1NC(=O)COC(=O)c1ccccc1NC(=O)CCc1ccc(OC)cc1. The van der Waals surface area contributed by atoms with E-state index in [1.54, 1.807) is 37.4 Å². The molecule has 0 aliphatic heterocycles. The van der Waals surface area contributed by atoms with Crippen LogP contribution in [-0.2, 0) is 27.2 Å². The Kier molecular flexibility index (Phi) is 8.80. The van der Waals surface area contributed by atoms with Crippen molar-refractivity contribution in [2.75, 3.05) is 24.4 Å². The number of anilines is 2. The molecule has 0 atom stereocenters. The second-order valence-corrected chi connectivity index (χ2v) is 7.58. The molecule has 3 aromatic carbocycles. The van der Waals surface area contributed by atoms with Gasteiger partial charge in [0.1, 0.15) is 5.75 Å². The van der Waals surface area contributed by atoms with Crippen LogP contribution in [0.15, 0.2) is 72.8 Å². The van der Waals surface area contributed by atoms with Crippen LogP contribution in [0.25, 0.3) is 0 Å². The molecule has 0 aliphatic rings. The van der Waals surface area contributed by atoms with Gasteiger partial charge < -0.3 is 20.1 Å². The summed E-state index contributed by atoms with van der Waals surface area (Å²) in [6.45, 7) is 1.56. The topological polar surface area (TPSA) is 93.7 Å². The van der Waals surface area contributed by atoms with E-state index in [0.717, 1.165) is 23.3 Å². The van der Waals surface area contributed by atoms with E-state index in [9.17, 15) is 14.4 Å². The summed E-state index contributed by atoms with van der Waals surface area (Å²) in [5, 5.41) is 5.52. The molecule has 7 heteroatoms. The Morgan fingerprint density at radius 2 is 1.44 bits per heavy atom. The monoisotopic (exact) mass is 460 g/mol. The Hall–Kier alpha value is -4.13. The van der Waals surface area contributed by atoms with Gasteiger partial charge in [-0.25, -0.2) is 4.79 Å². The first-order valence-electron chi connectivity index (χ1n) is 11.1. The number of amides is 2. The third-order valence-electron chi connectivity index (χ3n) is 5.23. The number of hydrogen-bond donors (Lipinski definition) is 2. The van der Waals surface area contributed by atoms with Crippen molar-refractivity contribution in [2.45, 2.75) is 26.2 Å². The molecule has 2 amide bonds. The van der Waals surface area contributed by atoms with Crippen LogP contribution in [0.3, 0.4) is 0 Å². The maximum atomic E-state index is 12.6. The van der Waals surface area contributed by atoms with E-state index in [-0.39, 0.29) is 17.9 Å². The van der Waals surface area contributed by atoms with E-state index >= 15 is 0 Å². The lowest BCUT2D eigenvalue weighted by atomic mass is 10.1. The fraction of sp³-hybridized carbons (Fsp3) is 0.222. The van der Waals surface area contributed by atoms with Crippen LogP contribution >= 0.6 is 0 Å². The van der Waals surface area contributed by atoms with Gasteiger partial charge in [-0.15, -0.1) is 0 Å². The van der Waals surface area contributed by atoms with Gasteiger partial charge in [0, 0.05) is 12.1 Å². The maximum absolute atomic E-state index is 12.6. The van der Waals surface area contributed by atoms with Crippen LogP contribution in [0.5, 0.6) is 5.75 Å². The van der Waals surface area contributed by atoms with Crippen molar-refractivity contribution < 1.29 is 23.9 Å². The molecule has 0 bridgehead atoms. The molecule has 0 fully saturated rings. The number of carbonyl (C=O) groups is 3. The number of ether oxygens (including phenoxy) is 2. The van der Waals surface area contributed by atoms with Crippen molar-refractivity contribution >= 4 is 29.2 Å². The molecular weight excluding hydrogens is 432 g/mol. The highest BCUT2D eigenvalue weighted by Gasteiger charge is 2.16. The van der Waals surface area contributed by atoms with Crippen molar-refractivity contribution in [3.05, 3.63) is 89.5 Å². The number of benzene rings is 3. The van der Waals surface area contributed by atoms with E-state index in [1.165, 1.54) is 0 Å². The van der Waals surface area contributed by atoms with Gasteiger partial charge in [0.2, 0.25) is 5.91 Å². The van der Waals surface area contributed by atoms with E-state index in [2.05, 4.69) is 10.6 Å². The molecule has 2 N–H and O–H groups in total. The van der Waals surface area contributed by atoms with Crippen molar-refractivity contribution in [3.8, 4) is 5.75 Å². The largest absolute Gasteiger partial charge is 0.497 e. The zero-order valence-corrected chi connectivity index (χ0v) is 19.3. The molecule has 0 saturated heterocycles. The molecule has 3 rings (SSSR count). The van der Waals surface area contributed by atoms with Gasteiger partial charge in [-0.2, -0.15) is 0 Å². The summed E-state index contributed by atoms with van der Waals surface area (Å²) >= 11 is 0. The van der Waals surface area contributed by atoms with Gasteiger partial charge in [-0.3, -0.25) is 9.59 Å². The molecule has 0 aliphatic carbocycles. The van der Waals surface area contributed by atoms with Crippen LogP contribution in [0.1, 0.15) is 34.8 Å². The minimum absolute atomic E-state index is 0.182. The number of esters is 1. The van der Waals surface area contributed by atoms with Crippen molar-refractivity contribution in [3.63, 3.8) is 0 Å². The first kappa shape index (κ1) is 24.5. The van der Waals surface area contributed by atoms with E-state index in [1.807, 2.05) is 49.4 Å². The smallest absolute Gasteiger partial charge is 0.340 e. The lowest BCUT2D eigenvalue weighted by Gasteiger charge is -2.12. The van der Waals surface area contributed by atoms with Crippen molar-refractivity contribution in [1.82, 2.24) is 0 Å². The predicted octanol–water partition coefficient (Wildman–Crippen LogP) is 4.62. The van der Waals surface area contributed by atoms with Crippen LogP contribution in [0.4, 0.5) is 11.4 Å². The minimum Gasteiger partial charge on any atom is -0.497 e. The van der Waals surface area contributed by atoms with E-state index < -0.39 is 18.5 Å². The lowest BCUT2D eigenvalue weighted by Crippen LogP contribution is -2.22. The highest BCUT2D eigenvalue weighted by Crippen LogP contribution is 2.18. The number of nitrogens with one attached hydrogen (secondary N) is 2. The molecule has 0 heterocycles. The summed E-state index contributed by atoms with van der Waals surface area (Å²) in [5.74, 6) is -0.603. The van der Waals surface area contributed by atoms with Gasteiger partial charge in [-0.1, -0.05) is 49.4 Å². The van der Waals surface area contributed by atoms with E-state index in [4.69, 9.17) is 9.47 Å². The minimum atomic E-state index is -0.690. The van der Waals surface area contributed by atoms with Gasteiger partial charge in [0.25, 0.3) is 5.91 Å². The average Bonchev–Trinajstić information content (AvgIpc) is 2.87. The molecule has 0 radical (unpaired) electrons. The van der Waals surface area contributed by atoms with Gasteiger partial charge in [0.05, 0.1) is 18.4 Å². The third-order valence-corrected chi connectivity index (χ3v) is 5.23. The standard InChI is InChI=1S/C27H28N2O5/c1-3-20-8-4-6-10-23(20)28-26(31)18-34-27(32)22-9-5-7-11-24(22)29-25(30)17-14-19-12-15-21(33-2)16-13-19/h4-13,15-16H,3,14,17-18H2,1-2H3,(H,28,31)(H,29,30). The lowest BCUT2D eigenvalue weighted by molar-refractivity contribution is -0.119. The number of para-hydroxylation sites is 2. The average molecular weight is 461 g/mol. The highest BCUT2D eigenvalue weighted by atomic mass is 16.5. The first-order chi connectivity index (χ1) is 16.5. The van der Waals surface area contributed by atoms with Gasteiger partial charge in [-0.05, 0) is 54.3 Å². The van der Waals surface area contributed by atoms with Gasteiger partial charge in [0.15, 0.2) is 6.61 Å². The third kappa shape index (κ3) is 6.93. The van der Waals surface area contributed by atoms with Crippen LogP contribution in [0.2, 0.25) is 0 Å². The highest BCUT2D eigenvalue weighted by molar-refractivity contribution is 6.02. The molecule has 0 aromatic heterocycles. The molecule has 34 heavy (non-hydrogen) atoms. The number of rotatable bonds is 10. The predicted molar refractivity (Wildman–Crippen MR) is 131 cm³/mol. The molecule has 0 unspecified atom stereocenters. The summed E-state index contributed by atoms with van der Waals surface area (Å²) in [4.78, 5) is 37.3. The van der Waals surface area contributed by atoms with E-state index in [0.29, 0.717) is 17.8 Å². The Morgan fingerprint density at radius 1 is 0.794 bits per heavy atom. The number of carbonyl (C=O) groups excluding carboxylic acids is 3. The molecule has 3 aromatic rings. The Labute approximate surface area is 199 Å². The maximum Gasteiger partial charge on any atom is 0.340 e. The zero-order chi connectivity index (χ0) is 24.3. The summed E-state index contributed by atoms with van der Waals surface area (Å²) < 4.78 is 10.3. The quantitative estimate of drug-likeness (QED) is 0.431. The van der Waals surface area contributed by atoms with Crippen molar-refractivity contribution in [2.24, 2.45) is 0 Å². The Bertz CT molecular complexity index is 1140. The second-order valence-electron chi connectivity index (χ2n) is 7.58. The van der Waals surface area contributed by atoms with Crippen LogP contribution in [0, 0.1) is 0 Å². The number of methoxy groups -OCH3 is 1. The van der Waals surface area contributed by atoms with Crippen molar-refractivity contribution in [1.29, 1.82) is 0 Å². The molecular formula is C27H28N2O5. The van der Waals surface area contributed by atoms with Crippen LogP contribution < -0.4 is 15.4 Å². The van der Waals surface area contributed by atoms with Gasteiger partial charge >= 0.3 is 5.97 Å². The first-order valence-corrected chi connectivity index (χ1v) is 11.1. The zero-order valence-electron chi connectivity index (χ0n) is 19.3. The summed E-state index contributed by atoms with van der Waals surface area (Å²) in [5.41, 5.74) is 3.20. The molecule has 176 valence electrons. The number of hydrogen-bond acceptors (Lipinski definition) is 5. The normalized spacial score (nSPS) is 10.3. The molecule has 0 spiro atoms. The Morgan fingerprint density at radius 3 is 2.15 bits per heavy atom. The fourth-order valence-electron chi connectivity index (χ4n) is 3.38. The summed E-state index contributed by atoms with van der Waals surface area (Å²) in [7, 11) is 1.60. The number of aryl methyl sites for hydroxylation is 2. The Balaban J connectivity index is 1.54. The van der Waals surface area contributed by atoms with Crippen LogP contribution in [-0.4, -0.2) is 31.5 Å². The fourth-order valence-corrected chi connectivity index (χ4v) is 3.38. The molecule has 7 nitrogen and oxygen atoms in total. The molecule has 0 saturated carbocycles. The second kappa shape index (κ2) is 12.2. The summed E-state index contributed by atoms with van der Waals surface area (Å²) in [6.07, 6.45) is 1.55. The summed E-state index contributed by atoms with van der Waals surface area (Å²) in [6, 6.07) is 21.5.